The number of carbonyl (C=O) groups excluding carboxylic acids is 1. The van der Waals surface area contributed by atoms with E-state index in [0.717, 1.165) is 32.7 Å². The highest BCUT2D eigenvalue weighted by molar-refractivity contribution is 5.87. The predicted octanol–water partition coefficient (Wildman–Crippen LogP) is 0.0987. The second-order valence-electron chi connectivity index (χ2n) is 4.39. The molecule has 0 aromatic carbocycles. The Hall–Kier alpha value is -0.580. The van der Waals surface area contributed by atoms with Crippen LogP contribution < -0.4 is 5.32 Å². The van der Waals surface area contributed by atoms with Gasteiger partial charge in [-0.05, 0) is 13.0 Å². The van der Waals surface area contributed by atoms with Gasteiger partial charge in [-0.25, -0.2) is 0 Å². The summed E-state index contributed by atoms with van der Waals surface area (Å²) in [6, 6.07) is 1.15. The molecular formula is C11H20ClN3O. The van der Waals surface area contributed by atoms with Crippen LogP contribution in [0.2, 0.25) is 0 Å². The van der Waals surface area contributed by atoms with E-state index in [2.05, 4.69) is 23.7 Å². The average molecular weight is 246 g/mol. The van der Waals surface area contributed by atoms with Crippen LogP contribution in [0.5, 0.6) is 0 Å². The monoisotopic (exact) mass is 245 g/mol. The molecule has 0 aromatic heterocycles. The smallest absolute Gasteiger partial charge is 0.246 e. The summed E-state index contributed by atoms with van der Waals surface area (Å²) in [5, 5.41) is 3.37. The van der Waals surface area contributed by atoms with Crippen molar-refractivity contribution in [2.45, 2.75) is 19.0 Å². The molecule has 92 valence electrons. The standard InChI is InChI=1S/C11H19N3O.ClH/c1-3-11(15)13-7-10(8-13)14-5-4-12-6-9(14)2;/h3,9-10,12H,1,4-8H2,2H3;1H. The van der Waals surface area contributed by atoms with Crippen LogP contribution in [0.15, 0.2) is 12.7 Å². The van der Waals surface area contributed by atoms with E-state index in [1.807, 2.05) is 4.90 Å². The third kappa shape index (κ3) is 2.56. The van der Waals surface area contributed by atoms with Crippen molar-refractivity contribution < 1.29 is 4.79 Å². The molecule has 2 rings (SSSR count). The molecule has 2 aliphatic heterocycles. The quantitative estimate of drug-likeness (QED) is 0.701. The van der Waals surface area contributed by atoms with Gasteiger partial charge in [0.15, 0.2) is 0 Å². The van der Waals surface area contributed by atoms with Crippen LogP contribution in [-0.4, -0.2) is 60.5 Å². The molecule has 2 heterocycles. The maximum Gasteiger partial charge on any atom is 0.246 e. The maximum absolute atomic E-state index is 11.3. The molecule has 1 N–H and O–H groups in total. The molecule has 2 aliphatic rings. The summed E-state index contributed by atoms with van der Waals surface area (Å²) in [4.78, 5) is 15.6. The van der Waals surface area contributed by atoms with Gasteiger partial charge in [0.1, 0.15) is 0 Å². The van der Waals surface area contributed by atoms with E-state index in [4.69, 9.17) is 0 Å². The van der Waals surface area contributed by atoms with E-state index in [1.165, 1.54) is 6.08 Å². The van der Waals surface area contributed by atoms with E-state index >= 15 is 0 Å². The zero-order valence-electron chi connectivity index (χ0n) is 9.69. The molecule has 1 atom stereocenters. The van der Waals surface area contributed by atoms with E-state index in [1.54, 1.807) is 0 Å². The van der Waals surface area contributed by atoms with E-state index in [0.29, 0.717) is 12.1 Å². The molecule has 0 radical (unpaired) electrons. The number of hydrogen-bond donors (Lipinski definition) is 1. The molecule has 0 saturated carbocycles. The fraction of sp³-hybridized carbons (Fsp3) is 0.727. The Morgan fingerprint density at radius 3 is 2.75 bits per heavy atom. The molecular weight excluding hydrogens is 226 g/mol. The number of nitrogens with one attached hydrogen (secondary N) is 1. The summed E-state index contributed by atoms with van der Waals surface area (Å²) >= 11 is 0. The molecule has 1 unspecified atom stereocenters. The molecule has 16 heavy (non-hydrogen) atoms. The van der Waals surface area contributed by atoms with Crippen molar-refractivity contribution in [1.82, 2.24) is 15.1 Å². The lowest BCUT2D eigenvalue weighted by atomic mass is 10.0. The van der Waals surface area contributed by atoms with Gasteiger partial charge in [0, 0.05) is 44.8 Å². The number of nitrogens with zero attached hydrogens (tertiary/aromatic N) is 2. The third-order valence-corrected chi connectivity index (χ3v) is 3.37. The lowest BCUT2D eigenvalue weighted by Crippen LogP contribution is -2.66. The first-order valence-electron chi connectivity index (χ1n) is 5.60. The van der Waals surface area contributed by atoms with Crippen molar-refractivity contribution in [2.24, 2.45) is 0 Å². The highest BCUT2D eigenvalue weighted by Gasteiger charge is 2.36. The molecule has 1 amide bonds. The first-order valence-corrected chi connectivity index (χ1v) is 5.60. The number of carbonyl (C=O) groups is 1. The summed E-state index contributed by atoms with van der Waals surface area (Å²) in [5.74, 6) is 0.0639. The van der Waals surface area contributed by atoms with Crippen LogP contribution in [0.25, 0.3) is 0 Å². The minimum Gasteiger partial charge on any atom is -0.336 e. The third-order valence-electron chi connectivity index (χ3n) is 3.37. The Kier molecular flexibility index (Phi) is 4.77. The van der Waals surface area contributed by atoms with Gasteiger partial charge in [0.2, 0.25) is 5.91 Å². The fourth-order valence-corrected chi connectivity index (χ4v) is 2.37. The SMILES string of the molecule is C=CC(=O)N1CC(N2CCNCC2C)C1.Cl. The van der Waals surface area contributed by atoms with Crippen LogP contribution in [-0.2, 0) is 4.79 Å². The lowest BCUT2D eigenvalue weighted by molar-refractivity contribution is -0.134. The number of halogens is 1. The summed E-state index contributed by atoms with van der Waals surface area (Å²) in [6.07, 6.45) is 1.40. The summed E-state index contributed by atoms with van der Waals surface area (Å²) in [6.45, 7) is 10.7. The highest BCUT2D eigenvalue weighted by Crippen LogP contribution is 2.18. The van der Waals surface area contributed by atoms with Crippen LogP contribution in [0, 0.1) is 0 Å². The second kappa shape index (κ2) is 5.66. The van der Waals surface area contributed by atoms with Gasteiger partial charge in [-0.2, -0.15) is 0 Å². The Morgan fingerprint density at radius 1 is 1.50 bits per heavy atom. The van der Waals surface area contributed by atoms with Crippen molar-refractivity contribution in [3.05, 3.63) is 12.7 Å². The van der Waals surface area contributed by atoms with Gasteiger partial charge in [0.25, 0.3) is 0 Å². The minimum atomic E-state index is 0. The first kappa shape index (κ1) is 13.5. The zero-order chi connectivity index (χ0) is 10.8. The Labute approximate surface area is 103 Å². The summed E-state index contributed by atoms with van der Waals surface area (Å²) in [5.41, 5.74) is 0. The van der Waals surface area contributed by atoms with E-state index < -0.39 is 0 Å². The second-order valence-corrected chi connectivity index (χ2v) is 4.39. The van der Waals surface area contributed by atoms with Gasteiger partial charge in [-0.1, -0.05) is 6.58 Å². The van der Waals surface area contributed by atoms with Gasteiger partial charge in [-0.15, -0.1) is 12.4 Å². The molecule has 0 spiro atoms. The molecule has 0 bridgehead atoms. The van der Waals surface area contributed by atoms with Crippen molar-refractivity contribution in [3.63, 3.8) is 0 Å². The average Bonchev–Trinajstić information content (AvgIpc) is 2.18. The Bertz CT molecular complexity index is 266. The van der Waals surface area contributed by atoms with Gasteiger partial charge in [0.05, 0.1) is 0 Å². The lowest BCUT2D eigenvalue weighted by Gasteiger charge is -2.49. The van der Waals surface area contributed by atoms with Crippen LogP contribution in [0.4, 0.5) is 0 Å². The van der Waals surface area contributed by atoms with E-state index in [-0.39, 0.29) is 18.3 Å². The van der Waals surface area contributed by atoms with Crippen LogP contribution in [0.1, 0.15) is 6.92 Å². The van der Waals surface area contributed by atoms with Crippen molar-refractivity contribution in [3.8, 4) is 0 Å². The summed E-state index contributed by atoms with van der Waals surface area (Å²) in [7, 11) is 0. The summed E-state index contributed by atoms with van der Waals surface area (Å²) < 4.78 is 0. The van der Waals surface area contributed by atoms with Crippen LogP contribution in [0.3, 0.4) is 0 Å². The molecule has 0 aliphatic carbocycles. The van der Waals surface area contributed by atoms with E-state index in [9.17, 15) is 4.79 Å². The van der Waals surface area contributed by atoms with Crippen LogP contribution >= 0.6 is 12.4 Å². The van der Waals surface area contributed by atoms with Crippen molar-refractivity contribution in [2.75, 3.05) is 32.7 Å². The molecule has 5 heteroatoms. The van der Waals surface area contributed by atoms with Gasteiger partial charge in [-0.3, -0.25) is 9.69 Å². The minimum absolute atomic E-state index is 0. The van der Waals surface area contributed by atoms with Gasteiger partial charge < -0.3 is 10.2 Å². The normalized spacial score (nSPS) is 26.8. The first-order chi connectivity index (χ1) is 7.22. The number of hydrogen-bond acceptors (Lipinski definition) is 3. The van der Waals surface area contributed by atoms with Crippen molar-refractivity contribution >= 4 is 18.3 Å². The number of piperazine rings is 1. The predicted molar refractivity (Wildman–Crippen MR) is 66.9 cm³/mol. The number of amides is 1. The maximum atomic E-state index is 11.3. The topological polar surface area (TPSA) is 35.6 Å². The number of likely N-dealkylation sites (tertiary alicyclic amines) is 1. The molecule has 2 saturated heterocycles. The highest BCUT2D eigenvalue weighted by atomic mass is 35.5. The fourth-order valence-electron chi connectivity index (χ4n) is 2.37. The van der Waals surface area contributed by atoms with Crippen molar-refractivity contribution in [1.29, 1.82) is 0 Å². The zero-order valence-corrected chi connectivity index (χ0v) is 10.5. The molecule has 2 fully saturated rings. The largest absolute Gasteiger partial charge is 0.336 e. The Balaban J connectivity index is 0.00000128. The molecule has 0 aromatic rings. The van der Waals surface area contributed by atoms with Gasteiger partial charge >= 0.3 is 0 Å². The Morgan fingerprint density at radius 2 is 2.19 bits per heavy atom. The number of rotatable bonds is 2. The molecule has 4 nitrogen and oxygen atoms in total.